The average Bonchev–Trinajstić information content (AvgIpc) is 2.88. The van der Waals surface area contributed by atoms with E-state index in [4.69, 9.17) is 14.6 Å². The lowest BCUT2D eigenvalue weighted by Crippen LogP contribution is -2.16. The molecule has 1 fully saturated rings. The number of hydrogen-bond donors (Lipinski definition) is 1. The summed E-state index contributed by atoms with van der Waals surface area (Å²) in [6.07, 6.45) is 4.84. The molecule has 0 aliphatic carbocycles. The first-order valence-electron chi connectivity index (χ1n) is 6.10. The first-order chi connectivity index (χ1) is 9.15. The van der Waals surface area contributed by atoms with E-state index in [-0.39, 0.29) is 6.10 Å². The van der Waals surface area contributed by atoms with Crippen molar-refractivity contribution in [2.75, 3.05) is 13.2 Å². The Balaban J connectivity index is 2.07. The maximum atomic E-state index is 10.6. The van der Waals surface area contributed by atoms with Crippen LogP contribution in [0.25, 0.3) is 6.08 Å². The molecule has 0 spiro atoms. The van der Waals surface area contributed by atoms with Crippen LogP contribution in [0.15, 0.2) is 28.7 Å². The summed E-state index contributed by atoms with van der Waals surface area (Å²) in [4.78, 5) is 10.6. The molecule has 1 N–H and O–H groups in total. The van der Waals surface area contributed by atoms with Crippen molar-refractivity contribution >= 4 is 28.0 Å². The summed E-state index contributed by atoms with van der Waals surface area (Å²) in [5, 5.41) is 8.68. The highest BCUT2D eigenvalue weighted by Gasteiger charge is 2.16. The molecule has 1 heterocycles. The first-order valence-corrected chi connectivity index (χ1v) is 6.89. The Morgan fingerprint density at radius 1 is 1.58 bits per heavy atom. The van der Waals surface area contributed by atoms with Crippen LogP contribution in [0.5, 0.6) is 5.75 Å². The highest BCUT2D eigenvalue weighted by Crippen LogP contribution is 2.25. The summed E-state index contributed by atoms with van der Waals surface area (Å²) in [5.41, 5.74) is 0.731. The quantitative estimate of drug-likeness (QED) is 0.845. The molecule has 0 amide bonds. The summed E-state index contributed by atoms with van der Waals surface area (Å²) in [6, 6.07) is 5.51. The molecule has 5 heteroatoms. The smallest absolute Gasteiger partial charge is 0.328 e. The van der Waals surface area contributed by atoms with Crippen molar-refractivity contribution < 1.29 is 19.4 Å². The second-order valence-electron chi connectivity index (χ2n) is 4.30. The number of halogens is 1. The molecule has 2 rings (SSSR count). The van der Waals surface area contributed by atoms with Crippen LogP contribution in [0.1, 0.15) is 18.4 Å². The Labute approximate surface area is 120 Å². The summed E-state index contributed by atoms with van der Waals surface area (Å²) in [6.45, 7) is 1.29. The Bertz CT molecular complexity index is 478. The summed E-state index contributed by atoms with van der Waals surface area (Å²) >= 11 is 3.36. The Morgan fingerprint density at radius 3 is 3.11 bits per heavy atom. The number of aliphatic carboxylic acids is 1. The van der Waals surface area contributed by atoms with Gasteiger partial charge in [0.2, 0.25) is 0 Å². The molecule has 1 unspecified atom stereocenters. The lowest BCUT2D eigenvalue weighted by Gasteiger charge is -2.13. The van der Waals surface area contributed by atoms with Crippen LogP contribution in [-0.2, 0) is 9.53 Å². The zero-order valence-corrected chi connectivity index (χ0v) is 11.9. The molecular weight excluding hydrogens is 312 g/mol. The molecule has 1 aromatic rings. The topological polar surface area (TPSA) is 55.8 Å². The lowest BCUT2D eigenvalue weighted by atomic mass is 10.2. The number of ether oxygens (including phenoxy) is 2. The zero-order chi connectivity index (χ0) is 13.7. The number of carbonyl (C=O) groups is 1. The minimum absolute atomic E-state index is 0.139. The van der Waals surface area contributed by atoms with Gasteiger partial charge in [-0.2, -0.15) is 0 Å². The number of rotatable bonds is 5. The zero-order valence-electron chi connectivity index (χ0n) is 10.3. The van der Waals surface area contributed by atoms with E-state index in [1.165, 1.54) is 6.08 Å². The van der Waals surface area contributed by atoms with Gasteiger partial charge in [0, 0.05) is 22.7 Å². The molecule has 1 saturated heterocycles. The maximum absolute atomic E-state index is 10.6. The fraction of sp³-hybridized carbons (Fsp3) is 0.357. The summed E-state index contributed by atoms with van der Waals surface area (Å²) in [7, 11) is 0. The van der Waals surface area contributed by atoms with Crippen LogP contribution in [0.2, 0.25) is 0 Å². The first kappa shape index (κ1) is 14.1. The molecule has 0 radical (unpaired) electrons. The van der Waals surface area contributed by atoms with E-state index in [2.05, 4.69) is 15.9 Å². The van der Waals surface area contributed by atoms with Gasteiger partial charge >= 0.3 is 5.97 Å². The molecule has 19 heavy (non-hydrogen) atoms. The van der Waals surface area contributed by atoms with Crippen LogP contribution in [0.3, 0.4) is 0 Å². The van der Waals surface area contributed by atoms with Crippen molar-refractivity contribution in [2.45, 2.75) is 18.9 Å². The van der Waals surface area contributed by atoms with E-state index in [0.29, 0.717) is 12.4 Å². The molecule has 102 valence electrons. The van der Waals surface area contributed by atoms with Gasteiger partial charge in [-0.15, -0.1) is 0 Å². The molecule has 0 bridgehead atoms. The fourth-order valence-corrected chi connectivity index (χ4v) is 2.28. The third-order valence-electron chi connectivity index (χ3n) is 2.83. The van der Waals surface area contributed by atoms with E-state index in [9.17, 15) is 4.79 Å². The molecular formula is C14H15BrO4. The Kier molecular flexibility index (Phi) is 4.99. The van der Waals surface area contributed by atoms with E-state index in [0.717, 1.165) is 35.6 Å². The van der Waals surface area contributed by atoms with Crippen molar-refractivity contribution in [1.29, 1.82) is 0 Å². The maximum Gasteiger partial charge on any atom is 0.328 e. The average molecular weight is 327 g/mol. The number of carboxylic acid groups (broad SMARTS) is 1. The lowest BCUT2D eigenvalue weighted by molar-refractivity contribution is -0.131. The van der Waals surface area contributed by atoms with Gasteiger partial charge in [-0.05, 0) is 37.1 Å². The van der Waals surface area contributed by atoms with Crippen molar-refractivity contribution in [3.63, 3.8) is 0 Å². The highest BCUT2D eigenvalue weighted by atomic mass is 79.9. The second kappa shape index (κ2) is 6.73. The van der Waals surface area contributed by atoms with Crippen molar-refractivity contribution in [3.05, 3.63) is 34.3 Å². The molecule has 1 aromatic carbocycles. The van der Waals surface area contributed by atoms with E-state index in [1.54, 1.807) is 0 Å². The van der Waals surface area contributed by atoms with Crippen molar-refractivity contribution in [1.82, 2.24) is 0 Å². The van der Waals surface area contributed by atoms with Gasteiger partial charge in [-0.3, -0.25) is 0 Å². The van der Waals surface area contributed by atoms with Gasteiger partial charge < -0.3 is 14.6 Å². The number of carboxylic acids is 1. The van der Waals surface area contributed by atoms with Gasteiger partial charge in [0.1, 0.15) is 12.4 Å². The van der Waals surface area contributed by atoms with Crippen molar-refractivity contribution in [3.8, 4) is 5.75 Å². The van der Waals surface area contributed by atoms with Gasteiger partial charge in [0.15, 0.2) is 0 Å². The van der Waals surface area contributed by atoms with Crippen LogP contribution in [0.4, 0.5) is 0 Å². The largest absolute Gasteiger partial charge is 0.490 e. The van der Waals surface area contributed by atoms with Crippen molar-refractivity contribution in [2.24, 2.45) is 0 Å². The standard InChI is InChI=1S/C14H15BrO4/c15-11-4-5-13(10(8-11)3-6-14(16)17)19-9-12-2-1-7-18-12/h3-6,8,12H,1-2,7,9H2,(H,16,17)/b6-3+. The highest BCUT2D eigenvalue weighted by molar-refractivity contribution is 9.10. The van der Waals surface area contributed by atoms with Crippen LogP contribution >= 0.6 is 15.9 Å². The van der Waals surface area contributed by atoms with Gasteiger partial charge in [-0.1, -0.05) is 15.9 Å². The van der Waals surface area contributed by atoms with E-state index in [1.807, 2.05) is 18.2 Å². The molecule has 1 aliphatic rings. The predicted molar refractivity (Wildman–Crippen MR) is 75.3 cm³/mol. The van der Waals surface area contributed by atoms with Crippen LogP contribution in [-0.4, -0.2) is 30.4 Å². The molecule has 4 nitrogen and oxygen atoms in total. The number of benzene rings is 1. The predicted octanol–water partition coefficient (Wildman–Crippen LogP) is 3.10. The number of hydrogen-bond acceptors (Lipinski definition) is 3. The van der Waals surface area contributed by atoms with Gasteiger partial charge in [0.05, 0.1) is 6.10 Å². The summed E-state index contributed by atoms with van der Waals surface area (Å²) in [5.74, 6) is -0.318. The third-order valence-corrected chi connectivity index (χ3v) is 3.32. The second-order valence-corrected chi connectivity index (χ2v) is 5.22. The van der Waals surface area contributed by atoms with E-state index < -0.39 is 5.97 Å². The molecule has 1 aliphatic heterocycles. The van der Waals surface area contributed by atoms with Crippen LogP contribution < -0.4 is 4.74 Å². The Hall–Kier alpha value is -1.33. The minimum Gasteiger partial charge on any atom is -0.490 e. The molecule has 0 aromatic heterocycles. The monoisotopic (exact) mass is 326 g/mol. The Morgan fingerprint density at radius 2 is 2.42 bits per heavy atom. The molecule has 1 atom stereocenters. The normalized spacial score (nSPS) is 18.9. The van der Waals surface area contributed by atoms with Crippen LogP contribution in [0, 0.1) is 0 Å². The third kappa shape index (κ3) is 4.36. The van der Waals surface area contributed by atoms with Gasteiger partial charge in [0.25, 0.3) is 0 Å². The summed E-state index contributed by atoms with van der Waals surface area (Å²) < 4.78 is 12.1. The molecule has 0 saturated carbocycles. The fourth-order valence-electron chi connectivity index (χ4n) is 1.90. The SMILES string of the molecule is O=C(O)/C=C/c1cc(Br)ccc1OCC1CCCO1. The minimum atomic E-state index is -0.981. The van der Waals surface area contributed by atoms with Gasteiger partial charge in [-0.25, -0.2) is 4.79 Å². The van der Waals surface area contributed by atoms with E-state index >= 15 is 0 Å².